The van der Waals surface area contributed by atoms with Crippen LogP contribution in [-0.2, 0) is 16.6 Å². The summed E-state index contributed by atoms with van der Waals surface area (Å²) in [7, 11) is 0. The largest absolute Gasteiger partial charge is 0.421 e. The standard InChI is InChI=1S/C25H28FN3O2/c26-21-14-12-20(13-15-21)25(16-5-2-6-17-25)18-27-22(30)10-7-11-23-28-29-24(31-23)19-8-3-1-4-9-19/h1,3-4,8-9,12-15H,2,5-7,10-11,16-18H2,(H,27,30). The van der Waals surface area contributed by atoms with Crippen LogP contribution in [0.5, 0.6) is 0 Å². The van der Waals surface area contributed by atoms with Crippen molar-refractivity contribution in [2.45, 2.75) is 56.8 Å². The highest BCUT2D eigenvalue weighted by molar-refractivity contribution is 5.76. The molecule has 0 bridgehead atoms. The molecule has 1 heterocycles. The topological polar surface area (TPSA) is 68.0 Å². The fraction of sp³-hybridized carbons (Fsp3) is 0.400. The molecule has 1 saturated carbocycles. The van der Waals surface area contributed by atoms with Crippen molar-refractivity contribution in [3.63, 3.8) is 0 Å². The molecule has 0 unspecified atom stereocenters. The summed E-state index contributed by atoms with van der Waals surface area (Å²) < 4.78 is 19.1. The minimum atomic E-state index is -0.227. The van der Waals surface area contributed by atoms with Gasteiger partial charge in [0.2, 0.25) is 17.7 Å². The maximum atomic E-state index is 13.4. The van der Waals surface area contributed by atoms with Crippen LogP contribution in [0, 0.1) is 5.82 Å². The second-order valence-electron chi connectivity index (χ2n) is 8.35. The predicted octanol–water partition coefficient (Wildman–Crippen LogP) is 5.22. The maximum Gasteiger partial charge on any atom is 0.247 e. The molecule has 0 aliphatic heterocycles. The second-order valence-corrected chi connectivity index (χ2v) is 8.35. The third kappa shape index (κ3) is 5.37. The molecule has 162 valence electrons. The van der Waals surface area contributed by atoms with Crippen LogP contribution in [0.15, 0.2) is 59.0 Å². The Labute approximate surface area is 182 Å². The first-order chi connectivity index (χ1) is 15.1. The molecular weight excluding hydrogens is 393 g/mol. The summed E-state index contributed by atoms with van der Waals surface area (Å²) in [5.74, 6) is 0.838. The first-order valence-corrected chi connectivity index (χ1v) is 11.1. The minimum Gasteiger partial charge on any atom is -0.421 e. The lowest BCUT2D eigenvalue weighted by atomic mass is 9.69. The molecular formula is C25H28FN3O2. The first-order valence-electron chi connectivity index (χ1n) is 11.1. The van der Waals surface area contributed by atoms with Gasteiger partial charge in [-0.25, -0.2) is 4.39 Å². The maximum absolute atomic E-state index is 13.4. The quantitative estimate of drug-likeness (QED) is 0.542. The molecule has 3 aromatic rings. The zero-order valence-corrected chi connectivity index (χ0v) is 17.6. The SMILES string of the molecule is O=C(CCCc1nnc(-c2ccccc2)o1)NCC1(c2ccc(F)cc2)CCCCC1. The van der Waals surface area contributed by atoms with Gasteiger partial charge >= 0.3 is 0 Å². The number of aromatic nitrogens is 2. The summed E-state index contributed by atoms with van der Waals surface area (Å²) in [5.41, 5.74) is 1.91. The van der Waals surface area contributed by atoms with Crippen LogP contribution < -0.4 is 5.32 Å². The van der Waals surface area contributed by atoms with Crippen molar-refractivity contribution in [1.29, 1.82) is 0 Å². The molecule has 0 radical (unpaired) electrons. The van der Waals surface area contributed by atoms with E-state index in [1.54, 1.807) is 0 Å². The Kier molecular flexibility index (Phi) is 6.75. The van der Waals surface area contributed by atoms with E-state index in [-0.39, 0.29) is 17.1 Å². The number of nitrogens with zero attached hydrogens (tertiary/aromatic N) is 2. The molecule has 6 heteroatoms. The number of rotatable bonds is 8. The Morgan fingerprint density at radius 1 is 1.00 bits per heavy atom. The summed E-state index contributed by atoms with van der Waals surface area (Å²) in [4.78, 5) is 12.5. The van der Waals surface area contributed by atoms with Crippen LogP contribution in [0.2, 0.25) is 0 Å². The van der Waals surface area contributed by atoms with E-state index in [0.717, 1.165) is 36.8 Å². The highest BCUT2D eigenvalue weighted by Crippen LogP contribution is 2.39. The third-order valence-corrected chi connectivity index (χ3v) is 6.17. The van der Waals surface area contributed by atoms with Crippen molar-refractivity contribution in [2.24, 2.45) is 0 Å². The number of hydrogen-bond acceptors (Lipinski definition) is 4. The number of aryl methyl sites for hydroxylation is 1. The van der Waals surface area contributed by atoms with Crippen molar-refractivity contribution in [3.8, 4) is 11.5 Å². The lowest BCUT2D eigenvalue weighted by molar-refractivity contribution is -0.121. The van der Waals surface area contributed by atoms with Crippen molar-refractivity contribution >= 4 is 5.91 Å². The zero-order valence-electron chi connectivity index (χ0n) is 17.6. The van der Waals surface area contributed by atoms with Crippen LogP contribution in [-0.4, -0.2) is 22.6 Å². The number of amides is 1. The number of benzene rings is 2. The van der Waals surface area contributed by atoms with Crippen molar-refractivity contribution in [1.82, 2.24) is 15.5 Å². The summed E-state index contributed by atoms with van der Waals surface area (Å²) in [6, 6.07) is 16.4. The molecule has 0 saturated heterocycles. The highest BCUT2D eigenvalue weighted by Gasteiger charge is 2.34. The van der Waals surface area contributed by atoms with Gasteiger partial charge in [-0.3, -0.25) is 4.79 Å². The Bertz CT molecular complexity index is 980. The van der Waals surface area contributed by atoms with E-state index in [1.165, 1.54) is 18.6 Å². The molecule has 1 fully saturated rings. The molecule has 0 atom stereocenters. The van der Waals surface area contributed by atoms with Gasteiger partial charge in [0.1, 0.15) is 5.82 Å². The van der Waals surface area contributed by atoms with Crippen LogP contribution in [0.1, 0.15) is 56.4 Å². The predicted molar refractivity (Wildman–Crippen MR) is 117 cm³/mol. The van der Waals surface area contributed by atoms with E-state index in [0.29, 0.717) is 37.6 Å². The third-order valence-electron chi connectivity index (χ3n) is 6.17. The summed E-state index contributed by atoms with van der Waals surface area (Å²) in [5, 5.41) is 11.3. The Hall–Kier alpha value is -3.02. The van der Waals surface area contributed by atoms with Gasteiger partial charge in [0.05, 0.1) is 0 Å². The average Bonchev–Trinajstić information content (AvgIpc) is 3.28. The molecule has 1 N–H and O–H groups in total. The Balaban J connectivity index is 1.28. The van der Waals surface area contributed by atoms with E-state index >= 15 is 0 Å². The average molecular weight is 422 g/mol. The van der Waals surface area contributed by atoms with Crippen LogP contribution in [0.3, 0.4) is 0 Å². The van der Waals surface area contributed by atoms with E-state index in [1.807, 2.05) is 42.5 Å². The van der Waals surface area contributed by atoms with Crippen LogP contribution in [0.4, 0.5) is 4.39 Å². The van der Waals surface area contributed by atoms with Crippen molar-refractivity contribution < 1.29 is 13.6 Å². The zero-order chi connectivity index (χ0) is 21.5. The Morgan fingerprint density at radius 2 is 1.74 bits per heavy atom. The lowest BCUT2D eigenvalue weighted by Gasteiger charge is -2.38. The Morgan fingerprint density at radius 3 is 2.48 bits per heavy atom. The number of halogens is 1. The van der Waals surface area contributed by atoms with Crippen molar-refractivity contribution in [2.75, 3.05) is 6.54 Å². The van der Waals surface area contributed by atoms with E-state index in [9.17, 15) is 9.18 Å². The first kappa shape index (κ1) is 21.2. The summed E-state index contributed by atoms with van der Waals surface area (Å²) >= 11 is 0. The molecule has 0 spiro atoms. The van der Waals surface area contributed by atoms with Gasteiger partial charge in [-0.2, -0.15) is 0 Å². The summed E-state index contributed by atoms with van der Waals surface area (Å²) in [6.07, 6.45) is 7.13. The minimum absolute atomic E-state index is 0.0230. The van der Waals surface area contributed by atoms with Gasteiger partial charge in [0, 0.05) is 30.4 Å². The fourth-order valence-corrected chi connectivity index (χ4v) is 4.41. The molecule has 2 aromatic carbocycles. The lowest BCUT2D eigenvalue weighted by Crippen LogP contribution is -2.42. The van der Waals surface area contributed by atoms with Gasteiger partial charge < -0.3 is 9.73 Å². The van der Waals surface area contributed by atoms with Gasteiger partial charge in [0.15, 0.2) is 0 Å². The van der Waals surface area contributed by atoms with E-state index < -0.39 is 0 Å². The highest BCUT2D eigenvalue weighted by atomic mass is 19.1. The number of hydrogen-bond donors (Lipinski definition) is 1. The van der Waals surface area contributed by atoms with Gasteiger partial charge in [-0.05, 0) is 49.1 Å². The molecule has 31 heavy (non-hydrogen) atoms. The van der Waals surface area contributed by atoms with Crippen LogP contribution in [0.25, 0.3) is 11.5 Å². The van der Waals surface area contributed by atoms with Gasteiger partial charge in [0.25, 0.3) is 0 Å². The molecule has 4 rings (SSSR count). The summed E-state index contributed by atoms with van der Waals surface area (Å²) in [6.45, 7) is 0.593. The monoisotopic (exact) mass is 421 g/mol. The van der Waals surface area contributed by atoms with Gasteiger partial charge in [-0.15, -0.1) is 10.2 Å². The normalized spacial score (nSPS) is 15.5. The number of carbonyl (C=O) groups is 1. The number of nitrogens with one attached hydrogen (secondary N) is 1. The van der Waals surface area contributed by atoms with Gasteiger partial charge in [-0.1, -0.05) is 49.6 Å². The fourth-order valence-electron chi connectivity index (χ4n) is 4.41. The number of carbonyl (C=O) groups excluding carboxylic acids is 1. The molecule has 5 nitrogen and oxygen atoms in total. The molecule has 1 aliphatic carbocycles. The van der Waals surface area contributed by atoms with E-state index in [2.05, 4.69) is 15.5 Å². The molecule has 1 aliphatic rings. The smallest absolute Gasteiger partial charge is 0.247 e. The molecule has 1 aromatic heterocycles. The van der Waals surface area contributed by atoms with Crippen molar-refractivity contribution in [3.05, 3.63) is 71.9 Å². The molecule has 1 amide bonds. The second kappa shape index (κ2) is 9.86. The van der Waals surface area contributed by atoms with E-state index in [4.69, 9.17) is 4.42 Å². The van der Waals surface area contributed by atoms with Crippen LogP contribution >= 0.6 is 0 Å².